The molecule has 9 nitrogen and oxygen atoms in total. The molecule has 10 heteroatoms. The number of carbonyl (C=O) groups is 1. The quantitative estimate of drug-likeness (QED) is 0.547. The first kappa shape index (κ1) is 20.6. The van der Waals surface area contributed by atoms with Gasteiger partial charge in [0.25, 0.3) is 0 Å². The van der Waals surface area contributed by atoms with Gasteiger partial charge in [-0.1, -0.05) is 29.8 Å². The molecule has 1 atom stereocenters. The predicted octanol–water partition coefficient (Wildman–Crippen LogP) is 1.63. The van der Waals surface area contributed by atoms with Crippen molar-refractivity contribution >= 4 is 35.4 Å². The second-order valence-corrected chi connectivity index (χ2v) is 7.86. The molecule has 2 aliphatic heterocycles. The SMILES string of the molecule is O=C1NCCCCC1Nc1nc(NCc2ccccc2Cl)nc(N2CCNCC2)n1. The highest BCUT2D eigenvalue weighted by Crippen LogP contribution is 2.19. The number of anilines is 3. The minimum Gasteiger partial charge on any atom is -0.354 e. The summed E-state index contributed by atoms with van der Waals surface area (Å²) in [5, 5.41) is 13.4. The first-order valence-electron chi connectivity index (χ1n) is 10.4. The molecule has 1 unspecified atom stereocenters. The van der Waals surface area contributed by atoms with Gasteiger partial charge in [0.1, 0.15) is 6.04 Å². The molecule has 1 aromatic heterocycles. The van der Waals surface area contributed by atoms with E-state index >= 15 is 0 Å². The van der Waals surface area contributed by atoms with Crippen LogP contribution in [-0.2, 0) is 11.3 Å². The maximum Gasteiger partial charge on any atom is 0.242 e. The third-order valence-corrected chi connectivity index (χ3v) is 5.63. The minimum atomic E-state index is -0.345. The normalized spacial score (nSPS) is 19.7. The van der Waals surface area contributed by atoms with Crippen LogP contribution in [0.15, 0.2) is 24.3 Å². The lowest BCUT2D eigenvalue weighted by molar-refractivity contribution is -0.121. The number of nitrogens with one attached hydrogen (secondary N) is 4. The van der Waals surface area contributed by atoms with Crippen molar-refractivity contribution in [2.24, 2.45) is 0 Å². The molecule has 2 fully saturated rings. The molecule has 3 heterocycles. The van der Waals surface area contributed by atoms with Gasteiger partial charge in [0, 0.05) is 44.3 Å². The highest BCUT2D eigenvalue weighted by molar-refractivity contribution is 6.31. The van der Waals surface area contributed by atoms with Gasteiger partial charge in [-0.2, -0.15) is 15.0 Å². The molecule has 30 heavy (non-hydrogen) atoms. The van der Waals surface area contributed by atoms with E-state index in [1.165, 1.54) is 0 Å². The molecule has 2 aromatic rings. The lowest BCUT2D eigenvalue weighted by Gasteiger charge is -2.28. The highest BCUT2D eigenvalue weighted by atomic mass is 35.5. The van der Waals surface area contributed by atoms with E-state index in [0.29, 0.717) is 36.0 Å². The molecule has 2 saturated heterocycles. The van der Waals surface area contributed by atoms with Crippen LogP contribution in [0.5, 0.6) is 0 Å². The second kappa shape index (κ2) is 9.90. The number of amides is 1. The fraction of sp³-hybridized carbons (Fsp3) is 0.500. The summed E-state index contributed by atoms with van der Waals surface area (Å²) in [5.74, 6) is 1.45. The zero-order valence-electron chi connectivity index (χ0n) is 16.8. The van der Waals surface area contributed by atoms with Gasteiger partial charge >= 0.3 is 0 Å². The average Bonchev–Trinajstić information content (AvgIpc) is 2.98. The molecule has 2 aliphatic rings. The van der Waals surface area contributed by atoms with Crippen molar-refractivity contribution < 1.29 is 4.79 Å². The van der Waals surface area contributed by atoms with Crippen molar-refractivity contribution in [3.63, 3.8) is 0 Å². The van der Waals surface area contributed by atoms with E-state index in [4.69, 9.17) is 11.6 Å². The van der Waals surface area contributed by atoms with Crippen LogP contribution in [0.4, 0.5) is 17.8 Å². The number of nitrogens with zero attached hydrogens (tertiary/aromatic N) is 4. The van der Waals surface area contributed by atoms with Gasteiger partial charge in [0.2, 0.25) is 23.8 Å². The number of hydrogen-bond acceptors (Lipinski definition) is 8. The zero-order chi connectivity index (χ0) is 20.8. The van der Waals surface area contributed by atoms with Crippen LogP contribution in [0.1, 0.15) is 24.8 Å². The minimum absolute atomic E-state index is 0.0118. The summed E-state index contributed by atoms with van der Waals surface area (Å²) in [6.45, 7) is 4.59. The summed E-state index contributed by atoms with van der Waals surface area (Å²) in [7, 11) is 0. The van der Waals surface area contributed by atoms with Gasteiger partial charge in [0.15, 0.2) is 0 Å². The van der Waals surface area contributed by atoms with E-state index in [1.54, 1.807) is 0 Å². The van der Waals surface area contributed by atoms with Crippen molar-refractivity contribution in [3.8, 4) is 0 Å². The van der Waals surface area contributed by atoms with Gasteiger partial charge in [-0.15, -0.1) is 0 Å². The zero-order valence-corrected chi connectivity index (χ0v) is 17.6. The summed E-state index contributed by atoms with van der Waals surface area (Å²) in [6.07, 6.45) is 2.71. The first-order valence-corrected chi connectivity index (χ1v) is 10.8. The van der Waals surface area contributed by atoms with E-state index in [0.717, 1.165) is 51.0 Å². The first-order chi connectivity index (χ1) is 14.7. The van der Waals surface area contributed by atoms with E-state index < -0.39 is 0 Å². The van der Waals surface area contributed by atoms with Crippen molar-refractivity contribution in [2.75, 3.05) is 48.3 Å². The molecular formula is C20H27ClN8O. The van der Waals surface area contributed by atoms with Crippen LogP contribution in [0.3, 0.4) is 0 Å². The topological polar surface area (TPSA) is 107 Å². The summed E-state index contributed by atoms with van der Waals surface area (Å²) in [5.41, 5.74) is 0.959. The Hall–Kier alpha value is -2.65. The Labute approximate surface area is 181 Å². The monoisotopic (exact) mass is 430 g/mol. The second-order valence-electron chi connectivity index (χ2n) is 7.45. The van der Waals surface area contributed by atoms with Crippen molar-refractivity contribution in [1.82, 2.24) is 25.6 Å². The van der Waals surface area contributed by atoms with E-state index in [9.17, 15) is 4.79 Å². The largest absolute Gasteiger partial charge is 0.354 e. The van der Waals surface area contributed by atoms with Crippen molar-refractivity contribution in [3.05, 3.63) is 34.9 Å². The van der Waals surface area contributed by atoms with Gasteiger partial charge in [-0.05, 0) is 30.9 Å². The smallest absolute Gasteiger partial charge is 0.242 e. The lowest BCUT2D eigenvalue weighted by Crippen LogP contribution is -2.44. The fourth-order valence-corrected chi connectivity index (χ4v) is 3.77. The van der Waals surface area contributed by atoms with Crippen LogP contribution in [0.25, 0.3) is 0 Å². The van der Waals surface area contributed by atoms with E-state index in [1.807, 2.05) is 24.3 Å². The number of halogens is 1. The van der Waals surface area contributed by atoms with Gasteiger partial charge in [-0.3, -0.25) is 4.79 Å². The molecule has 1 amide bonds. The number of aromatic nitrogens is 3. The Morgan fingerprint density at radius 1 is 1.07 bits per heavy atom. The Morgan fingerprint density at radius 3 is 2.70 bits per heavy atom. The number of hydrogen-bond donors (Lipinski definition) is 4. The molecule has 0 bridgehead atoms. The summed E-state index contributed by atoms with van der Waals surface area (Å²) < 4.78 is 0. The van der Waals surface area contributed by atoms with Crippen LogP contribution in [0, 0.1) is 0 Å². The number of benzene rings is 1. The van der Waals surface area contributed by atoms with Crippen LogP contribution in [-0.4, -0.2) is 59.6 Å². The Balaban J connectivity index is 1.55. The Kier molecular flexibility index (Phi) is 6.81. The van der Waals surface area contributed by atoms with Gasteiger partial charge < -0.3 is 26.2 Å². The molecule has 0 saturated carbocycles. The predicted molar refractivity (Wildman–Crippen MR) is 118 cm³/mol. The van der Waals surface area contributed by atoms with E-state index in [-0.39, 0.29) is 11.9 Å². The number of piperazine rings is 1. The Morgan fingerprint density at radius 2 is 1.87 bits per heavy atom. The van der Waals surface area contributed by atoms with Crippen molar-refractivity contribution in [1.29, 1.82) is 0 Å². The van der Waals surface area contributed by atoms with Gasteiger partial charge in [0.05, 0.1) is 0 Å². The maximum atomic E-state index is 12.3. The third kappa shape index (κ3) is 5.28. The number of rotatable bonds is 6. The summed E-state index contributed by atoms with van der Waals surface area (Å²) in [4.78, 5) is 28.2. The standard InChI is InChI=1S/C20H27ClN8O/c21-15-6-2-1-5-14(15)13-24-18-26-19(25-16-7-3-4-8-23-17(16)30)28-20(27-18)29-11-9-22-10-12-29/h1-2,5-6,16,22H,3-4,7-13H2,(H,23,30)(H2,24,25,26,27,28). The molecule has 0 aliphatic carbocycles. The van der Waals surface area contributed by atoms with Gasteiger partial charge in [-0.25, -0.2) is 0 Å². The Bertz CT molecular complexity index is 874. The average molecular weight is 431 g/mol. The molecular weight excluding hydrogens is 404 g/mol. The van der Waals surface area contributed by atoms with Crippen LogP contribution < -0.4 is 26.2 Å². The number of carbonyl (C=O) groups excluding carboxylic acids is 1. The fourth-order valence-electron chi connectivity index (χ4n) is 3.56. The molecule has 4 rings (SSSR count). The summed E-state index contributed by atoms with van der Waals surface area (Å²) >= 11 is 6.27. The van der Waals surface area contributed by atoms with E-state index in [2.05, 4.69) is 41.1 Å². The van der Waals surface area contributed by atoms with Crippen LogP contribution in [0.2, 0.25) is 5.02 Å². The molecule has 0 radical (unpaired) electrons. The summed E-state index contributed by atoms with van der Waals surface area (Å²) in [6, 6.07) is 7.32. The molecule has 160 valence electrons. The third-order valence-electron chi connectivity index (χ3n) is 5.26. The maximum absolute atomic E-state index is 12.3. The van der Waals surface area contributed by atoms with Crippen LogP contribution >= 0.6 is 11.6 Å². The lowest BCUT2D eigenvalue weighted by atomic mass is 10.1. The molecule has 0 spiro atoms. The highest BCUT2D eigenvalue weighted by Gasteiger charge is 2.23. The molecule has 1 aromatic carbocycles. The van der Waals surface area contributed by atoms with Crippen molar-refractivity contribution in [2.45, 2.75) is 31.8 Å². The molecule has 4 N–H and O–H groups in total.